The summed E-state index contributed by atoms with van der Waals surface area (Å²) in [4.78, 5) is 4.14. The smallest absolute Gasteiger partial charge is 0.0662 e. The van der Waals surface area contributed by atoms with Gasteiger partial charge in [-0.3, -0.25) is 4.98 Å². The number of aliphatic hydroxyl groups excluding tert-OH is 1. The highest BCUT2D eigenvalue weighted by Crippen LogP contribution is 2.21. The van der Waals surface area contributed by atoms with Crippen molar-refractivity contribution in [3.63, 3.8) is 0 Å². The summed E-state index contributed by atoms with van der Waals surface area (Å²) in [5, 5.41) is 12.9. The molecular weight excluding hydrogens is 248 g/mol. The van der Waals surface area contributed by atoms with E-state index in [2.05, 4.69) is 47.6 Å². The Kier molecular flexibility index (Phi) is 5.27. The largest absolute Gasteiger partial charge is 0.392 e. The molecule has 2 aromatic rings. The van der Waals surface area contributed by atoms with E-state index >= 15 is 0 Å². The second-order valence-corrected chi connectivity index (χ2v) is 5.06. The molecule has 1 aromatic carbocycles. The molecule has 3 heteroatoms. The van der Waals surface area contributed by atoms with Crippen molar-refractivity contribution in [3.05, 3.63) is 54.4 Å². The van der Waals surface area contributed by atoms with Crippen molar-refractivity contribution in [2.24, 2.45) is 0 Å². The predicted octanol–water partition coefficient (Wildman–Crippen LogP) is 3.17. The lowest BCUT2D eigenvalue weighted by Crippen LogP contribution is -2.28. The number of pyridine rings is 1. The van der Waals surface area contributed by atoms with Gasteiger partial charge in [-0.2, -0.15) is 0 Å². The van der Waals surface area contributed by atoms with Crippen LogP contribution < -0.4 is 5.32 Å². The molecule has 0 fully saturated rings. The van der Waals surface area contributed by atoms with Crippen LogP contribution in [0.4, 0.5) is 0 Å². The third kappa shape index (κ3) is 3.89. The zero-order valence-electron chi connectivity index (χ0n) is 12.1. The Morgan fingerprint density at radius 2 is 1.90 bits per heavy atom. The van der Waals surface area contributed by atoms with Crippen LogP contribution in [0.1, 0.15) is 31.9 Å². The number of nitrogens with one attached hydrogen (secondary N) is 1. The minimum absolute atomic E-state index is 0.235. The molecule has 2 N–H and O–H groups in total. The zero-order valence-corrected chi connectivity index (χ0v) is 12.1. The molecule has 0 aliphatic carbocycles. The fourth-order valence-corrected chi connectivity index (χ4v) is 2.07. The first-order valence-corrected chi connectivity index (χ1v) is 7.12. The van der Waals surface area contributed by atoms with Gasteiger partial charge in [0.25, 0.3) is 0 Å². The minimum atomic E-state index is -0.271. The van der Waals surface area contributed by atoms with Crippen molar-refractivity contribution in [1.82, 2.24) is 10.3 Å². The Morgan fingerprint density at radius 1 is 1.15 bits per heavy atom. The fourth-order valence-electron chi connectivity index (χ4n) is 2.07. The second-order valence-electron chi connectivity index (χ2n) is 5.06. The first-order valence-electron chi connectivity index (χ1n) is 7.12. The lowest BCUT2D eigenvalue weighted by Gasteiger charge is -2.17. The standard InChI is InChI=1S/C17H22N2O/c1-3-17(20)12-19-13(2)14-6-8-15(9-7-14)16-5-4-10-18-11-16/h4-11,13,17,19-20H,3,12H2,1-2H3. The lowest BCUT2D eigenvalue weighted by molar-refractivity contribution is 0.164. The molecule has 0 saturated heterocycles. The highest BCUT2D eigenvalue weighted by atomic mass is 16.3. The highest BCUT2D eigenvalue weighted by Gasteiger charge is 2.07. The van der Waals surface area contributed by atoms with Gasteiger partial charge in [-0.25, -0.2) is 0 Å². The van der Waals surface area contributed by atoms with Gasteiger partial charge in [-0.05, 0) is 36.1 Å². The molecule has 0 amide bonds. The van der Waals surface area contributed by atoms with Crippen LogP contribution in [-0.2, 0) is 0 Å². The van der Waals surface area contributed by atoms with E-state index in [0.717, 1.165) is 12.0 Å². The van der Waals surface area contributed by atoms with Crippen LogP contribution in [0, 0.1) is 0 Å². The summed E-state index contributed by atoms with van der Waals surface area (Å²) >= 11 is 0. The third-order valence-corrected chi connectivity index (χ3v) is 3.54. The number of hydrogen-bond donors (Lipinski definition) is 2. The normalized spacial score (nSPS) is 13.9. The maximum atomic E-state index is 9.58. The van der Waals surface area contributed by atoms with Gasteiger partial charge in [0.2, 0.25) is 0 Å². The number of benzene rings is 1. The number of aliphatic hydroxyl groups is 1. The summed E-state index contributed by atoms with van der Waals surface area (Å²) in [6, 6.07) is 12.7. The molecular formula is C17H22N2O. The molecule has 2 rings (SSSR count). The van der Waals surface area contributed by atoms with Crippen LogP contribution in [-0.4, -0.2) is 22.7 Å². The molecule has 1 heterocycles. The van der Waals surface area contributed by atoms with Crippen LogP contribution in [0.15, 0.2) is 48.8 Å². The van der Waals surface area contributed by atoms with Gasteiger partial charge in [0, 0.05) is 25.0 Å². The number of rotatable bonds is 6. The Hall–Kier alpha value is -1.71. The molecule has 2 atom stereocenters. The summed E-state index contributed by atoms with van der Waals surface area (Å²) < 4.78 is 0. The zero-order chi connectivity index (χ0) is 14.4. The van der Waals surface area contributed by atoms with Crippen LogP contribution in [0.3, 0.4) is 0 Å². The molecule has 0 spiro atoms. The quantitative estimate of drug-likeness (QED) is 0.847. The SMILES string of the molecule is CCC(O)CNC(C)c1ccc(-c2cccnc2)cc1. The van der Waals surface area contributed by atoms with E-state index < -0.39 is 0 Å². The van der Waals surface area contributed by atoms with Crippen molar-refractivity contribution in [2.45, 2.75) is 32.4 Å². The Labute approximate surface area is 120 Å². The summed E-state index contributed by atoms with van der Waals surface area (Å²) in [6.07, 6.45) is 4.16. The van der Waals surface area contributed by atoms with Gasteiger partial charge in [-0.15, -0.1) is 0 Å². The molecule has 0 aliphatic rings. The van der Waals surface area contributed by atoms with Gasteiger partial charge >= 0.3 is 0 Å². The van der Waals surface area contributed by atoms with E-state index in [4.69, 9.17) is 0 Å². The Balaban J connectivity index is 2.01. The van der Waals surface area contributed by atoms with Crippen molar-refractivity contribution in [1.29, 1.82) is 0 Å². The molecule has 0 bridgehead atoms. The van der Waals surface area contributed by atoms with E-state index in [9.17, 15) is 5.11 Å². The fraction of sp³-hybridized carbons (Fsp3) is 0.353. The van der Waals surface area contributed by atoms with E-state index in [1.54, 1.807) is 6.20 Å². The average Bonchev–Trinajstić information content (AvgIpc) is 2.53. The van der Waals surface area contributed by atoms with E-state index in [0.29, 0.717) is 6.54 Å². The summed E-state index contributed by atoms with van der Waals surface area (Å²) in [5.74, 6) is 0. The Morgan fingerprint density at radius 3 is 2.50 bits per heavy atom. The van der Waals surface area contributed by atoms with Crippen molar-refractivity contribution >= 4 is 0 Å². The van der Waals surface area contributed by atoms with Gasteiger partial charge in [-0.1, -0.05) is 37.3 Å². The summed E-state index contributed by atoms with van der Waals surface area (Å²) in [5.41, 5.74) is 3.52. The molecule has 1 aromatic heterocycles. The van der Waals surface area contributed by atoms with Gasteiger partial charge < -0.3 is 10.4 Å². The third-order valence-electron chi connectivity index (χ3n) is 3.54. The second kappa shape index (κ2) is 7.17. The van der Waals surface area contributed by atoms with Crippen LogP contribution in [0.25, 0.3) is 11.1 Å². The van der Waals surface area contributed by atoms with E-state index in [-0.39, 0.29) is 12.1 Å². The highest BCUT2D eigenvalue weighted by molar-refractivity contribution is 5.62. The molecule has 106 valence electrons. The van der Waals surface area contributed by atoms with Crippen molar-refractivity contribution in [3.8, 4) is 11.1 Å². The molecule has 0 aliphatic heterocycles. The van der Waals surface area contributed by atoms with Crippen LogP contribution in [0.2, 0.25) is 0 Å². The first kappa shape index (κ1) is 14.7. The summed E-state index contributed by atoms with van der Waals surface area (Å²) in [7, 11) is 0. The first-order chi connectivity index (χ1) is 9.70. The predicted molar refractivity (Wildman–Crippen MR) is 82.4 cm³/mol. The molecule has 0 radical (unpaired) electrons. The average molecular weight is 270 g/mol. The van der Waals surface area contributed by atoms with Crippen LogP contribution >= 0.6 is 0 Å². The van der Waals surface area contributed by atoms with E-state index in [1.807, 2.05) is 19.2 Å². The van der Waals surface area contributed by atoms with Crippen molar-refractivity contribution in [2.75, 3.05) is 6.54 Å². The maximum absolute atomic E-state index is 9.58. The lowest BCUT2D eigenvalue weighted by atomic mass is 10.0. The maximum Gasteiger partial charge on any atom is 0.0662 e. The molecule has 2 unspecified atom stereocenters. The van der Waals surface area contributed by atoms with Gasteiger partial charge in [0.05, 0.1) is 6.10 Å². The Bertz CT molecular complexity index is 510. The number of aromatic nitrogens is 1. The molecule has 20 heavy (non-hydrogen) atoms. The molecule has 0 saturated carbocycles. The van der Waals surface area contributed by atoms with E-state index in [1.165, 1.54) is 11.1 Å². The molecule has 3 nitrogen and oxygen atoms in total. The van der Waals surface area contributed by atoms with Gasteiger partial charge in [0.15, 0.2) is 0 Å². The summed E-state index contributed by atoms with van der Waals surface area (Å²) in [6.45, 7) is 4.73. The van der Waals surface area contributed by atoms with Gasteiger partial charge in [0.1, 0.15) is 0 Å². The number of hydrogen-bond acceptors (Lipinski definition) is 3. The minimum Gasteiger partial charge on any atom is -0.392 e. The monoisotopic (exact) mass is 270 g/mol. The van der Waals surface area contributed by atoms with Crippen molar-refractivity contribution < 1.29 is 5.11 Å². The topological polar surface area (TPSA) is 45.1 Å². The van der Waals surface area contributed by atoms with Crippen LogP contribution in [0.5, 0.6) is 0 Å². The number of nitrogens with zero attached hydrogens (tertiary/aromatic N) is 1.